The Balaban J connectivity index is 1.92. The van der Waals surface area contributed by atoms with E-state index < -0.39 is 11.5 Å². The number of aromatic carboxylic acids is 1. The second kappa shape index (κ2) is 6.74. The van der Waals surface area contributed by atoms with Crippen LogP contribution < -0.4 is 4.74 Å². The van der Waals surface area contributed by atoms with Crippen molar-refractivity contribution in [3.8, 4) is 5.75 Å². The third-order valence-electron chi connectivity index (χ3n) is 2.66. The minimum Gasteiger partial charge on any atom is -0.489 e. The molecule has 0 heterocycles. The number of carboxylic acids is 1. The summed E-state index contributed by atoms with van der Waals surface area (Å²) in [6, 6.07) is 11.8. The number of benzene rings is 2. The van der Waals surface area contributed by atoms with Crippen molar-refractivity contribution in [3.05, 3.63) is 59.7 Å². The first-order valence-electron chi connectivity index (χ1n) is 6.14. The average molecular weight is 328 g/mol. The van der Waals surface area contributed by atoms with Gasteiger partial charge < -0.3 is 9.84 Å². The topological polar surface area (TPSA) is 46.5 Å². The molecule has 0 amide bonds. The van der Waals surface area contributed by atoms with Crippen molar-refractivity contribution < 1.29 is 27.8 Å². The number of thioether (sulfide) groups is 1. The van der Waals surface area contributed by atoms with E-state index >= 15 is 0 Å². The molecule has 0 saturated heterocycles. The first-order valence-corrected chi connectivity index (χ1v) is 6.96. The largest absolute Gasteiger partial charge is 0.489 e. The maximum absolute atomic E-state index is 12.2. The monoisotopic (exact) mass is 328 g/mol. The number of carboxylic acid groups (broad SMARTS) is 1. The fourth-order valence-corrected chi connectivity index (χ4v) is 2.19. The number of hydrogen-bond donors (Lipinski definition) is 1. The second-order valence-corrected chi connectivity index (χ2v) is 5.45. The Kier molecular flexibility index (Phi) is 4.97. The van der Waals surface area contributed by atoms with Gasteiger partial charge in [-0.3, -0.25) is 0 Å². The average Bonchev–Trinajstić information content (AvgIpc) is 2.45. The van der Waals surface area contributed by atoms with E-state index in [0.29, 0.717) is 11.3 Å². The van der Waals surface area contributed by atoms with Crippen molar-refractivity contribution in [2.24, 2.45) is 0 Å². The minimum absolute atomic E-state index is 0.113. The number of alkyl halides is 3. The van der Waals surface area contributed by atoms with Crippen LogP contribution in [0.2, 0.25) is 0 Å². The lowest BCUT2D eigenvalue weighted by Gasteiger charge is -2.08. The lowest BCUT2D eigenvalue weighted by molar-refractivity contribution is -0.0328. The van der Waals surface area contributed by atoms with Crippen LogP contribution in [-0.4, -0.2) is 16.6 Å². The number of carbonyl (C=O) groups is 1. The van der Waals surface area contributed by atoms with E-state index in [0.717, 1.165) is 0 Å². The lowest BCUT2D eigenvalue weighted by atomic mass is 10.2. The highest BCUT2D eigenvalue weighted by atomic mass is 32.2. The van der Waals surface area contributed by atoms with Crippen molar-refractivity contribution in [3.63, 3.8) is 0 Å². The van der Waals surface area contributed by atoms with Gasteiger partial charge in [-0.05, 0) is 53.7 Å². The highest BCUT2D eigenvalue weighted by molar-refractivity contribution is 8.00. The van der Waals surface area contributed by atoms with Crippen LogP contribution in [0.4, 0.5) is 13.2 Å². The number of hydrogen-bond acceptors (Lipinski definition) is 3. The normalized spacial score (nSPS) is 11.2. The van der Waals surface area contributed by atoms with E-state index in [2.05, 4.69) is 0 Å². The van der Waals surface area contributed by atoms with E-state index in [1.165, 1.54) is 36.4 Å². The molecule has 0 bridgehead atoms. The Morgan fingerprint density at radius 3 is 2.14 bits per heavy atom. The molecule has 0 spiro atoms. The summed E-state index contributed by atoms with van der Waals surface area (Å²) in [7, 11) is 0. The summed E-state index contributed by atoms with van der Waals surface area (Å²) in [6.45, 7) is 0.184. The van der Waals surface area contributed by atoms with Gasteiger partial charge >= 0.3 is 11.5 Å². The van der Waals surface area contributed by atoms with E-state index in [1.807, 2.05) is 0 Å². The predicted octanol–water partition coefficient (Wildman–Crippen LogP) is 4.58. The Hall–Kier alpha value is -2.15. The van der Waals surface area contributed by atoms with E-state index in [-0.39, 0.29) is 28.8 Å². The molecule has 0 aromatic heterocycles. The summed E-state index contributed by atoms with van der Waals surface area (Å²) < 4.78 is 42.0. The van der Waals surface area contributed by atoms with Gasteiger partial charge in [-0.25, -0.2) is 4.79 Å². The molecular formula is C15H11F3O3S. The van der Waals surface area contributed by atoms with Gasteiger partial charge in [0.2, 0.25) is 0 Å². The molecule has 0 saturated carbocycles. The molecule has 7 heteroatoms. The van der Waals surface area contributed by atoms with Crippen LogP contribution in [0.25, 0.3) is 0 Å². The Morgan fingerprint density at radius 2 is 1.64 bits per heavy atom. The fourth-order valence-electron chi connectivity index (χ4n) is 1.65. The van der Waals surface area contributed by atoms with Gasteiger partial charge in [0, 0.05) is 4.90 Å². The molecule has 0 aliphatic carbocycles. The fraction of sp³-hybridized carbons (Fsp3) is 0.133. The zero-order valence-corrected chi connectivity index (χ0v) is 11.9. The molecule has 0 unspecified atom stereocenters. The van der Waals surface area contributed by atoms with E-state index in [4.69, 9.17) is 9.84 Å². The van der Waals surface area contributed by atoms with Crippen molar-refractivity contribution >= 4 is 17.7 Å². The van der Waals surface area contributed by atoms with Crippen LogP contribution in [-0.2, 0) is 6.61 Å². The molecule has 1 N–H and O–H groups in total. The van der Waals surface area contributed by atoms with Crippen molar-refractivity contribution in [2.75, 3.05) is 0 Å². The van der Waals surface area contributed by atoms with Crippen molar-refractivity contribution in [1.29, 1.82) is 0 Å². The molecule has 0 aliphatic heterocycles. The molecule has 3 nitrogen and oxygen atoms in total. The number of ether oxygens (including phenoxy) is 1. The molecule has 22 heavy (non-hydrogen) atoms. The van der Waals surface area contributed by atoms with Crippen LogP contribution in [0.3, 0.4) is 0 Å². The third kappa shape index (κ3) is 5.00. The summed E-state index contributed by atoms with van der Waals surface area (Å²) >= 11 is -0.168. The third-order valence-corrected chi connectivity index (χ3v) is 3.40. The Bertz CT molecular complexity index is 637. The molecule has 2 rings (SSSR count). The van der Waals surface area contributed by atoms with Gasteiger partial charge in [0.1, 0.15) is 12.4 Å². The maximum Gasteiger partial charge on any atom is 0.446 e. The zero-order valence-electron chi connectivity index (χ0n) is 11.1. The summed E-state index contributed by atoms with van der Waals surface area (Å²) in [5, 5.41) is 8.77. The molecule has 2 aromatic carbocycles. The van der Waals surface area contributed by atoms with Gasteiger partial charge in [-0.15, -0.1) is 0 Å². The standard InChI is InChI=1S/C15H11F3O3S/c16-15(17,18)22-13-7-1-10(2-8-13)9-21-12-5-3-11(4-6-12)14(19)20/h1-8H,9H2,(H,19,20). The Labute approximate surface area is 128 Å². The van der Waals surface area contributed by atoms with Crippen LogP contribution in [0, 0.1) is 0 Å². The Morgan fingerprint density at radius 1 is 1.05 bits per heavy atom. The molecule has 0 aliphatic rings. The van der Waals surface area contributed by atoms with Crippen molar-refractivity contribution in [1.82, 2.24) is 0 Å². The van der Waals surface area contributed by atoms with Gasteiger partial charge in [0.05, 0.1) is 5.56 Å². The smallest absolute Gasteiger partial charge is 0.446 e. The van der Waals surface area contributed by atoms with Crippen LogP contribution in [0.15, 0.2) is 53.4 Å². The van der Waals surface area contributed by atoms with Gasteiger partial charge in [-0.1, -0.05) is 12.1 Å². The molecule has 2 aromatic rings. The SMILES string of the molecule is O=C(O)c1ccc(OCc2ccc(SC(F)(F)F)cc2)cc1. The van der Waals surface area contributed by atoms with Gasteiger partial charge in [0.25, 0.3) is 0 Å². The molecule has 0 fully saturated rings. The maximum atomic E-state index is 12.2. The highest BCUT2D eigenvalue weighted by Gasteiger charge is 2.28. The lowest BCUT2D eigenvalue weighted by Crippen LogP contribution is -2.00. The van der Waals surface area contributed by atoms with Crippen LogP contribution >= 0.6 is 11.8 Å². The molecule has 116 valence electrons. The van der Waals surface area contributed by atoms with Gasteiger partial charge in [-0.2, -0.15) is 13.2 Å². The minimum atomic E-state index is -4.30. The highest BCUT2D eigenvalue weighted by Crippen LogP contribution is 2.36. The molecule has 0 atom stereocenters. The molecular weight excluding hydrogens is 317 g/mol. The molecule has 0 radical (unpaired) electrons. The predicted molar refractivity (Wildman–Crippen MR) is 76.1 cm³/mol. The summed E-state index contributed by atoms with van der Waals surface area (Å²) in [5.41, 5.74) is -3.43. The quantitative estimate of drug-likeness (QED) is 0.816. The summed E-state index contributed by atoms with van der Waals surface area (Å²) in [6.07, 6.45) is 0. The van der Waals surface area contributed by atoms with Gasteiger partial charge in [0.15, 0.2) is 0 Å². The number of rotatable bonds is 5. The first-order chi connectivity index (χ1) is 10.3. The summed E-state index contributed by atoms with van der Waals surface area (Å²) in [4.78, 5) is 10.8. The van der Waals surface area contributed by atoms with Crippen LogP contribution in [0.1, 0.15) is 15.9 Å². The second-order valence-electron chi connectivity index (χ2n) is 4.31. The first kappa shape index (κ1) is 16.2. The number of halogens is 3. The summed E-state index contributed by atoms with van der Waals surface area (Å²) in [5.74, 6) is -0.539. The van der Waals surface area contributed by atoms with E-state index in [1.54, 1.807) is 12.1 Å². The van der Waals surface area contributed by atoms with Crippen LogP contribution in [0.5, 0.6) is 5.75 Å². The van der Waals surface area contributed by atoms with E-state index in [9.17, 15) is 18.0 Å². The van der Waals surface area contributed by atoms with Crippen molar-refractivity contribution in [2.45, 2.75) is 17.0 Å². The zero-order chi connectivity index (χ0) is 16.2.